The summed E-state index contributed by atoms with van der Waals surface area (Å²) < 4.78 is 0. The van der Waals surface area contributed by atoms with Crippen LogP contribution >= 0.6 is 0 Å². The smallest absolute Gasteiger partial charge is 0.267 e. The van der Waals surface area contributed by atoms with Gasteiger partial charge in [-0.15, -0.1) is 0 Å². The van der Waals surface area contributed by atoms with Crippen LogP contribution in [-0.2, 0) is 0 Å². The van der Waals surface area contributed by atoms with E-state index in [1.165, 1.54) is 24.8 Å². The average Bonchev–Trinajstić information content (AvgIpc) is 2.75. The molecule has 0 spiro atoms. The van der Waals surface area contributed by atoms with Gasteiger partial charge in [-0.3, -0.25) is 19.6 Å². The fourth-order valence-electron chi connectivity index (χ4n) is 2.33. The van der Waals surface area contributed by atoms with Gasteiger partial charge >= 0.3 is 0 Å². The van der Waals surface area contributed by atoms with Gasteiger partial charge in [-0.2, -0.15) is 10.2 Å². The summed E-state index contributed by atoms with van der Waals surface area (Å²) >= 11 is 0. The summed E-state index contributed by atoms with van der Waals surface area (Å²) in [5.74, 6) is -0.663. The van der Waals surface area contributed by atoms with E-state index < -0.39 is 0 Å². The van der Waals surface area contributed by atoms with Crippen molar-refractivity contribution in [1.82, 2.24) is 20.8 Å². The number of hydrazone groups is 2. The van der Waals surface area contributed by atoms with Crippen molar-refractivity contribution in [3.05, 3.63) is 94.6 Å². The molecule has 0 saturated heterocycles. The molecule has 0 aliphatic carbocycles. The Morgan fingerprint density at radius 2 is 1.10 bits per heavy atom. The molecule has 30 heavy (non-hydrogen) atoms. The maximum atomic E-state index is 12.0. The zero-order valence-corrected chi connectivity index (χ0v) is 16.5. The predicted molar refractivity (Wildman–Crippen MR) is 115 cm³/mol. The van der Waals surface area contributed by atoms with E-state index >= 15 is 0 Å². The largest absolute Gasteiger partial charge is 0.272 e. The first-order chi connectivity index (χ1) is 14.5. The summed E-state index contributed by atoms with van der Waals surface area (Å²) in [7, 11) is 0. The molecule has 2 aromatic heterocycles. The van der Waals surface area contributed by atoms with E-state index in [4.69, 9.17) is 0 Å². The van der Waals surface area contributed by atoms with E-state index in [9.17, 15) is 9.59 Å². The van der Waals surface area contributed by atoms with E-state index in [-0.39, 0.29) is 11.8 Å². The van der Waals surface area contributed by atoms with E-state index in [0.29, 0.717) is 11.1 Å². The molecule has 2 heterocycles. The minimum atomic E-state index is -0.331. The number of benzene rings is 1. The summed E-state index contributed by atoms with van der Waals surface area (Å²) in [4.78, 5) is 32.1. The number of carbonyl (C=O) groups excluding carboxylic acids is 2. The number of pyridine rings is 2. The number of hydrogen-bond donors (Lipinski definition) is 2. The lowest BCUT2D eigenvalue weighted by atomic mass is 10.2. The zero-order chi connectivity index (χ0) is 21.3. The lowest BCUT2D eigenvalue weighted by Gasteiger charge is -2.00. The molecule has 0 radical (unpaired) electrons. The van der Waals surface area contributed by atoms with Crippen LogP contribution in [0.2, 0.25) is 0 Å². The van der Waals surface area contributed by atoms with Gasteiger partial charge in [0.05, 0.1) is 23.6 Å². The summed E-state index contributed by atoms with van der Waals surface area (Å²) in [6.45, 7) is 3.70. The summed E-state index contributed by atoms with van der Waals surface area (Å²) in [6, 6.07) is 14.2. The van der Waals surface area contributed by atoms with Gasteiger partial charge < -0.3 is 0 Å². The van der Waals surface area contributed by atoms with Crippen molar-refractivity contribution < 1.29 is 9.59 Å². The molecule has 150 valence electrons. The molecule has 2 N–H and O–H groups in total. The molecule has 8 heteroatoms. The first-order valence-corrected chi connectivity index (χ1v) is 9.13. The highest BCUT2D eigenvalue weighted by atomic mass is 16.2. The van der Waals surface area contributed by atoms with Crippen molar-refractivity contribution in [3.63, 3.8) is 0 Å². The lowest BCUT2D eigenvalue weighted by molar-refractivity contribution is 0.0946. The SMILES string of the molecule is Cc1ccc(C(=O)N/N=C/c2ccc(/C=N/NC(=O)c3ccc(C)nc3)cc2)cn1. The normalized spacial score (nSPS) is 11.0. The first kappa shape index (κ1) is 20.5. The second kappa shape index (κ2) is 9.83. The minimum absolute atomic E-state index is 0.331. The van der Waals surface area contributed by atoms with Crippen molar-refractivity contribution in [1.29, 1.82) is 0 Å². The Kier molecular flexibility index (Phi) is 6.73. The predicted octanol–water partition coefficient (Wildman–Crippen LogP) is 2.62. The van der Waals surface area contributed by atoms with Gasteiger partial charge in [-0.25, -0.2) is 10.9 Å². The molecule has 2 amide bonds. The Bertz CT molecular complexity index is 984. The molecule has 3 aromatic rings. The van der Waals surface area contributed by atoms with Crippen molar-refractivity contribution in [2.75, 3.05) is 0 Å². The molecule has 0 atom stereocenters. The van der Waals surface area contributed by atoms with E-state index in [2.05, 4.69) is 31.0 Å². The quantitative estimate of drug-likeness (QED) is 0.490. The van der Waals surface area contributed by atoms with Crippen molar-refractivity contribution in [2.24, 2.45) is 10.2 Å². The van der Waals surface area contributed by atoms with E-state index in [1.807, 2.05) is 38.1 Å². The molecule has 0 unspecified atom stereocenters. The third kappa shape index (κ3) is 5.90. The number of amides is 2. The van der Waals surface area contributed by atoms with E-state index in [0.717, 1.165) is 22.5 Å². The summed E-state index contributed by atoms with van der Waals surface area (Å²) in [6.07, 6.45) is 6.07. The number of hydrogen-bond acceptors (Lipinski definition) is 6. The fraction of sp³-hybridized carbons (Fsp3) is 0.0909. The molecule has 3 rings (SSSR count). The highest BCUT2D eigenvalue weighted by molar-refractivity contribution is 5.95. The second-order valence-corrected chi connectivity index (χ2v) is 6.44. The van der Waals surface area contributed by atoms with Crippen LogP contribution in [0.5, 0.6) is 0 Å². The Balaban J connectivity index is 1.50. The lowest BCUT2D eigenvalue weighted by Crippen LogP contribution is -2.18. The van der Waals surface area contributed by atoms with Gasteiger partial charge in [0.2, 0.25) is 0 Å². The molecule has 0 saturated carbocycles. The van der Waals surface area contributed by atoms with Gasteiger partial charge in [-0.1, -0.05) is 24.3 Å². The standard InChI is InChI=1S/C22H20N6O2/c1-15-3-9-19(13-23-15)21(29)27-25-11-17-5-7-18(8-6-17)12-26-28-22(30)20-10-4-16(2)24-14-20/h3-14H,1-2H3,(H,27,29)(H,28,30)/b25-11+,26-12+. The number of aryl methyl sites for hydroxylation is 2. The molecular formula is C22H20N6O2. The average molecular weight is 400 g/mol. The zero-order valence-electron chi connectivity index (χ0n) is 16.5. The molecule has 0 aliphatic heterocycles. The monoisotopic (exact) mass is 400 g/mol. The fourth-order valence-corrected chi connectivity index (χ4v) is 2.33. The van der Waals surface area contributed by atoms with Crippen LogP contribution in [0.1, 0.15) is 43.2 Å². The molecule has 1 aromatic carbocycles. The second-order valence-electron chi connectivity index (χ2n) is 6.44. The summed E-state index contributed by atoms with van der Waals surface area (Å²) in [5, 5.41) is 7.89. The number of nitrogens with one attached hydrogen (secondary N) is 2. The molecular weight excluding hydrogens is 380 g/mol. The highest BCUT2D eigenvalue weighted by Gasteiger charge is 2.04. The number of nitrogens with zero attached hydrogens (tertiary/aromatic N) is 4. The van der Waals surface area contributed by atoms with Gasteiger partial charge in [-0.05, 0) is 49.2 Å². The van der Waals surface area contributed by atoms with E-state index in [1.54, 1.807) is 24.3 Å². The van der Waals surface area contributed by atoms with Crippen molar-refractivity contribution in [2.45, 2.75) is 13.8 Å². The molecule has 0 aliphatic rings. The third-order valence-corrected chi connectivity index (χ3v) is 4.04. The van der Waals surface area contributed by atoms with Crippen LogP contribution < -0.4 is 10.9 Å². The van der Waals surface area contributed by atoms with Gasteiger partial charge in [0.25, 0.3) is 11.8 Å². The highest BCUT2D eigenvalue weighted by Crippen LogP contribution is 2.02. The molecule has 0 fully saturated rings. The van der Waals surface area contributed by atoms with Crippen molar-refractivity contribution in [3.8, 4) is 0 Å². The Hall–Kier alpha value is -4.20. The van der Waals surface area contributed by atoms with Crippen LogP contribution in [0.25, 0.3) is 0 Å². The van der Waals surface area contributed by atoms with Gasteiger partial charge in [0.1, 0.15) is 0 Å². The van der Waals surface area contributed by atoms with Gasteiger partial charge in [0.15, 0.2) is 0 Å². The van der Waals surface area contributed by atoms with Crippen LogP contribution in [0.4, 0.5) is 0 Å². The van der Waals surface area contributed by atoms with Crippen LogP contribution in [0.3, 0.4) is 0 Å². The minimum Gasteiger partial charge on any atom is -0.267 e. The molecule has 8 nitrogen and oxygen atoms in total. The van der Waals surface area contributed by atoms with Crippen LogP contribution in [0.15, 0.2) is 71.1 Å². The number of aromatic nitrogens is 2. The van der Waals surface area contributed by atoms with Gasteiger partial charge in [0, 0.05) is 23.8 Å². The maximum Gasteiger partial charge on any atom is 0.272 e. The van der Waals surface area contributed by atoms with Crippen molar-refractivity contribution >= 4 is 24.2 Å². The maximum absolute atomic E-state index is 12.0. The topological polar surface area (TPSA) is 109 Å². The number of carbonyl (C=O) groups is 2. The van der Waals surface area contributed by atoms with Crippen LogP contribution in [-0.4, -0.2) is 34.2 Å². The summed E-state index contributed by atoms with van der Waals surface area (Å²) in [5.41, 5.74) is 9.06. The number of rotatable bonds is 6. The first-order valence-electron chi connectivity index (χ1n) is 9.13. The molecule has 0 bridgehead atoms. The Morgan fingerprint density at radius 1 is 0.700 bits per heavy atom. The Labute approximate surface area is 173 Å². The Morgan fingerprint density at radius 3 is 1.43 bits per heavy atom. The van der Waals surface area contributed by atoms with Crippen LogP contribution in [0, 0.1) is 13.8 Å². The third-order valence-electron chi connectivity index (χ3n) is 4.04.